The third kappa shape index (κ3) is 4.90. The van der Waals surface area contributed by atoms with E-state index in [0.29, 0.717) is 29.2 Å². The van der Waals surface area contributed by atoms with Gasteiger partial charge < -0.3 is 14.7 Å². The molecule has 0 spiro atoms. The van der Waals surface area contributed by atoms with Gasteiger partial charge in [-0.05, 0) is 61.8 Å². The van der Waals surface area contributed by atoms with Gasteiger partial charge in [-0.25, -0.2) is 4.79 Å². The van der Waals surface area contributed by atoms with Crippen molar-refractivity contribution in [2.45, 2.75) is 25.7 Å². The van der Waals surface area contributed by atoms with Gasteiger partial charge in [-0.1, -0.05) is 11.6 Å². The van der Waals surface area contributed by atoms with Crippen molar-refractivity contribution in [1.29, 1.82) is 0 Å². The van der Waals surface area contributed by atoms with Crippen LogP contribution in [-0.4, -0.2) is 36.3 Å². The Morgan fingerprint density at radius 1 is 1.24 bits per heavy atom. The van der Waals surface area contributed by atoms with E-state index < -0.39 is 0 Å². The highest BCUT2D eigenvalue weighted by atomic mass is 35.5. The van der Waals surface area contributed by atoms with E-state index in [-0.39, 0.29) is 12.7 Å². The molecule has 1 fully saturated rings. The van der Waals surface area contributed by atoms with Gasteiger partial charge in [0.05, 0.1) is 0 Å². The van der Waals surface area contributed by atoms with Crippen molar-refractivity contribution >= 4 is 17.7 Å². The number of amides is 1. The van der Waals surface area contributed by atoms with Gasteiger partial charge in [0.2, 0.25) is 0 Å². The molecule has 1 aliphatic carbocycles. The molecule has 0 atom stereocenters. The Hall–Kier alpha value is -1.26. The molecule has 0 saturated heterocycles. The second-order valence-electron chi connectivity index (χ2n) is 5.77. The van der Waals surface area contributed by atoms with Crippen LogP contribution in [0.1, 0.15) is 25.7 Å². The van der Waals surface area contributed by atoms with Gasteiger partial charge in [0.25, 0.3) is 0 Å². The van der Waals surface area contributed by atoms with Gasteiger partial charge in [0.15, 0.2) is 0 Å². The summed E-state index contributed by atoms with van der Waals surface area (Å²) in [6.45, 7) is 0.978. The molecule has 2 rings (SSSR count). The lowest BCUT2D eigenvalue weighted by molar-refractivity contribution is 0.132. The summed E-state index contributed by atoms with van der Waals surface area (Å²) in [4.78, 5) is 13.6. The zero-order valence-electron chi connectivity index (χ0n) is 12.3. The van der Waals surface area contributed by atoms with Crippen LogP contribution in [0.5, 0.6) is 5.75 Å². The number of nitrogens with zero attached hydrogens (tertiary/aromatic N) is 1. The molecule has 1 aromatic carbocycles. The molecule has 1 amide bonds. The van der Waals surface area contributed by atoms with Gasteiger partial charge in [-0.2, -0.15) is 0 Å². The van der Waals surface area contributed by atoms with E-state index in [4.69, 9.17) is 21.4 Å². The monoisotopic (exact) mass is 311 g/mol. The summed E-state index contributed by atoms with van der Waals surface area (Å²) in [7, 11) is 1.76. The molecule has 0 aromatic heterocycles. The minimum atomic E-state index is -0.346. The fourth-order valence-corrected chi connectivity index (χ4v) is 2.87. The van der Waals surface area contributed by atoms with Crippen molar-refractivity contribution in [3.8, 4) is 5.75 Å². The number of hydrogen-bond acceptors (Lipinski definition) is 3. The van der Waals surface area contributed by atoms with E-state index in [1.54, 1.807) is 36.2 Å². The van der Waals surface area contributed by atoms with Crippen LogP contribution in [0.15, 0.2) is 24.3 Å². The Labute approximate surface area is 130 Å². The number of halogens is 1. The van der Waals surface area contributed by atoms with Crippen LogP contribution >= 0.6 is 11.6 Å². The van der Waals surface area contributed by atoms with Crippen molar-refractivity contribution in [3.05, 3.63) is 29.3 Å². The minimum absolute atomic E-state index is 0.279. The van der Waals surface area contributed by atoms with Crippen molar-refractivity contribution in [1.82, 2.24) is 4.90 Å². The van der Waals surface area contributed by atoms with E-state index in [2.05, 4.69) is 0 Å². The van der Waals surface area contributed by atoms with Crippen LogP contribution < -0.4 is 4.74 Å². The molecule has 1 aliphatic rings. The molecule has 4 nitrogen and oxygen atoms in total. The molecular weight excluding hydrogens is 290 g/mol. The minimum Gasteiger partial charge on any atom is -0.410 e. The largest absolute Gasteiger partial charge is 0.414 e. The molecule has 1 aromatic rings. The molecule has 116 valence electrons. The number of benzene rings is 1. The summed E-state index contributed by atoms with van der Waals surface area (Å²) in [6.07, 6.45) is 3.86. The van der Waals surface area contributed by atoms with E-state index in [0.717, 1.165) is 25.7 Å². The summed E-state index contributed by atoms with van der Waals surface area (Å²) in [5, 5.41) is 9.75. The third-order valence-corrected chi connectivity index (χ3v) is 4.34. The predicted octanol–water partition coefficient (Wildman–Crippen LogP) is 3.57. The third-order valence-electron chi connectivity index (χ3n) is 4.09. The Bertz CT molecular complexity index is 455. The molecule has 5 heteroatoms. The van der Waals surface area contributed by atoms with Crippen LogP contribution in [0.2, 0.25) is 5.02 Å². The lowest BCUT2D eigenvalue weighted by atomic mass is 9.82. The maximum absolute atomic E-state index is 12.0. The first-order chi connectivity index (χ1) is 10.1. The lowest BCUT2D eigenvalue weighted by Gasteiger charge is -2.30. The number of aliphatic hydroxyl groups excluding tert-OH is 1. The van der Waals surface area contributed by atoms with Gasteiger partial charge >= 0.3 is 6.09 Å². The van der Waals surface area contributed by atoms with Crippen LogP contribution in [0.3, 0.4) is 0 Å². The second-order valence-corrected chi connectivity index (χ2v) is 6.21. The average Bonchev–Trinajstić information content (AvgIpc) is 2.50. The molecule has 1 saturated carbocycles. The fourth-order valence-electron chi connectivity index (χ4n) is 2.74. The molecule has 0 heterocycles. The topological polar surface area (TPSA) is 49.8 Å². The number of carbonyl (C=O) groups excluding carboxylic acids is 1. The average molecular weight is 312 g/mol. The summed E-state index contributed by atoms with van der Waals surface area (Å²) < 4.78 is 5.30. The molecule has 0 aliphatic heterocycles. The molecule has 0 unspecified atom stereocenters. The summed E-state index contributed by atoms with van der Waals surface area (Å²) in [5.74, 6) is 1.43. The van der Waals surface area contributed by atoms with Crippen LogP contribution in [0, 0.1) is 11.8 Å². The zero-order valence-corrected chi connectivity index (χ0v) is 13.1. The quantitative estimate of drug-likeness (QED) is 0.924. The highest BCUT2D eigenvalue weighted by Gasteiger charge is 2.23. The second kappa shape index (κ2) is 7.66. The molecule has 21 heavy (non-hydrogen) atoms. The van der Waals surface area contributed by atoms with Crippen molar-refractivity contribution < 1.29 is 14.6 Å². The maximum atomic E-state index is 12.0. The van der Waals surface area contributed by atoms with Crippen LogP contribution in [0.25, 0.3) is 0 Å². The maximum Gasteiger partial charge on any atom is 0.414 e. The van der Waals surface area contributed by atoms with E-state index in [1.165, 1.54) is 0 Å². The van der Waals surface area contributed by atoms with Gasteiger partial charge in [0, 0.05) is 25.2 Å². The Balaban J connectivity index is 1.78. The van der Waals surface area contributed by atoms with Gasteiger partial charge in [-0.15, -0.1) is 0 Å². The summed E-state index contributed by atoms with van der Waals surface area (Å²) >= 11 is 5.79. The summed E-state index contributed by atoms with van der Waals surface area (Å²) in [6, 6.07) is 6.75. The Morgan fingerprint density at radius 3 is 2.38 bits per heavy atom. The number of rotatable bonds is 4. The Morgan fingerprint density at radius 2 is 1.81 bits per heavy atom. The Kier molecular flexibility index (Phi) is 5.88. The molecule has 1 N–H and O–H groups in total. The number of hydrogen-bond donors (Lipinski definition) is 1. The van der Waals surface area contributed by atoms with E-state index >= 15 is 0 Å². The first kappa shape index (κ1) is 16.1. The molecule has 0 bridgehead atoms. The van der Waals surface area contributed by atoms with E-state index in [1.807, 2.05) is 0 Å². The van der Waals surface area contributed by atoms with Crippen molar-refractivity contribution in [2.24, 2.45) is 11.8 Å². The highest BCUT2D eigenvalue weighted by Crippen LogP contribution is 2.29. The lowest BCUT2D eigenvalue weighted by Crippen LogP contribution is -2.35. The normalized spacial score (nSPS) is 21.9. The smallest absolute Gasteiger partial charge is 0.410 e. The van der Waals surface area contributed by atoms with Crippen molar-refractivity contribution in [2.75, 3.05) is 20.2 Å². The fraction of sp³-hybridized carbons (Fsp3) is 0.562. The SMILES string of the molecule is CN(CC1CCC(CO)CC1)C(=O)Oc1ccc(Cl)cc1. The number of ether oxygens (including phenoxy) is 1. The standard InChI is InChI=1S/C16H22ClNO3/c1-18(10-12-2-4-13(11-19)5-3-12)16(20)21-15-8-6-14(17)7-9-15/h6-9,12-13,19H,2-5,10-11H2,1H3. The number of aliphatic hydroxyl groups is 1. The first-order valence-corrected chi connectivity index (χ1v) is 7.75. The van der Waals surface area contributed by atoms with Gasteiger partial charge in [0.1, 0.15) is 5.75 Å². The first-order valence-electron chi connectivity index (χ1n) is 7.38. The van der Waals surface area contributed by atoms with Gasteiger partial charge in [-0.3, -0.25) is 0 Å². The molecular formula is C16H22ClNO3. The van der Waals surface area contributed by atoms with Crippen LogP contribution in [0.4, 0.5) is 4.79 Å². The van der Waals surface area contributed by atoms with E-state index in [9.17, 15) is 4.79 Å². The zero-order chi connectivity index (χ0) is 15.2. The molecule has 0 radical (unpaired) electrons. The highest BCUT2D eigenvalue weighted by molar-refractivity contribution is 6.30. The number of carbonyl (C=O) groups is 1. The van der Waals surface area contributed by atoms with Crippen LogP contribution in [-0.2, 0) is 0 Å². The van der Waals surface area contributed by atoms with Crippen molar-refractivity contribution in [3.63, 3.8) is 0 Å². The predicted molar refractivity (Wildman–Crippen MR) is 82.6 cm³/mol. The summed E-state index contributed by atoms with van der Waals surface area (Å²) in [5.41, 5.74) is 0.